The number of amides is 2. The summed E-state index contributed by atoms with van der Waals surface area (Å²) >= 11 is 0. The van der Waals surface area contributed by atoms with Crippen molar-refractivity contribution in [2.45, 2.75) is 39.3 Å². The molecule has 4 heterocycles. The van der Waals surface area contributed by atoms with Crippen LogP contribution in [0.5, 0.6) is 11.5 Å². The number of likely N-dealkylation sites (N-methyl/N-ethyl adjacent to an activating group) is 1. The van der Waals surface area contributed by atoms with E-state index in [1.165, 1.54) is 6.07 Å². The van der Waals surface area contributed by atoms with Crippen LogP contribution in [-0.4, -0.2) is 70.0 Å². The largest absolute Gasteiger partial charge is 0.457 e. The Hall–Kier alpha value is -4.02. The van der Waals surface area contributed by atoms with Crippen LogP contribution in [0.4, 0.5) is 19.3 Å². The number of benzene rings is 2. The lowest BCUT2D eigenvalue weighted by Gasteiger charge is -2.35. The molecule has 4 aromatic rings. The van der Waals surface area contributed by atoms with E-state index in [0.29, 0.717) is 42.3 Å². The summed E-state index contributed by atoms with van der Waals surface area (Å²) in [4.78, 5) is 27.1. The minimum absolute atomic E-state index is 0.0304. The summed E-state index contributed by atoms with van der Waals surface area (Å²) in [6.45, 7) is 9.72. The maximum absolute atomic E-state index is 14.1. The van der Waals surface area contributed by atoms with Gasteiger partial charge in [0.25, 0.3) is 6.43 Å². The Balaban J connectivity index is 1.14. The number of piperazine rings is 1. The first-order chi connectivity index (χ1) is 20.4. The number of ether oxygens (including phenoxy) is 1. The van der Waals surface area contributed by atoms with Crippen LogP contribution in [0.25, 0.3) is 11.0 Å². The van der Waals surface area contributed by atoms with E-state index in [1.54, 1.807) is 23.2 Å². The molecule has 2 aliphatic rings. The van der Waals surface area contributed by atoms with Crippen LogP contribution in [0.15, 0.2) is 60.9 Å². The van der Waals surface area contributed by atoms with Crippen LogP contribution < -0.4 is 10.1 Å². The maximum atomic E-state index is 14.1. The number of carbonyl (C=O) groups is 1. The Bertz CT molecular complexity index is 1570. The fraction of sp³-hybridized carbons (Fsp3) is 0.375. The number of rotatable bonds is 7. The van der Waals surface area contributed by atoms with Crippen molar-refractivity contribution in [1.29, 1.82) is 0 Å². The zero-order valence-corrected chi connectivity index (χ0v) is 23.9. The number of hydrogen-bond acceptors (Lipinski definition) is 5. The molecule has 2 amide bonds. The van der Waals surface area contributed by atoms with Crippen LogP contribution in [-0.2, 0) is 13.0 Å². The molecule has 0 saturated carbocycles. The Morgan fingerprint density at radius 1 is 1.07 bits per heavy atom. The summed E-state index contributed by atoms with van der Waals surface area (Å²) in [5.41, 5.74) is 3.85. The predicted molar refractivity (Wildman–Crippen MR) is 159 cm³/mol. The first-order valence-corrected chi connectivity index (χ1v) is 14.6. The number of anilines is 1. The highest BCUT2D eigenvalue weighted by molar-refractivity contribution is 5.90. The lowest BCUT2D eigenvalue weighted by Crippen LogP contribution is -2.45. The summed E-state index contributed by atoms with van der Waals surface area (Å²) in [5.74, 6) is 1.37. The summed E-state index contributed by atoms with van der Waals surface area (Å²) < 4.78 is 34.4. The number of fused-ring (bicyclic) bond motifs is 2. The van der Waals surface area contributed by atoms with E-state index < -0.39 is 6.43 Å². The van der Waals surface area contributed by atoms with Crippen molar-refractivity contribution in [3.8, 4) is 11.5 Å². The maximum Gasteiger partial charge on any atom is 0.322 e. The van der Waals surface area contributed by atoms with E-state index in [1.807, 2.05) is 43.5 Å². The summed E-state index contributed by atoms with van der Waals surface area (Å²) in [6, 6.07) is 14.0. The van der Waals surface area contributed by atoms with Crippen molar-refractivity contribution < 1.29 is 18.3 Å². The number of pyridine rings is 1. The van der Waals surface area contributed by atoms with Gasteiger partial charge in [-0.25, -0.2) is 18.6 Å². The van der Waals surface area contributed by atoms with Gasteiger partial charge in [-0.15, -0.1) is 0 Å². The molecule has 8 nitrogen and oxygen atoms in total. The van der Waals surface area contributed by atoms with Crippen LogP contribution in [0.3, 0.4) is 0 Å². The Morgan fingerprint density at radius 2 is 1.88 bits per heavy atom. The number of aromatic nitrogens is 2. The van der Waals surface area contributed by atoms with Gasteiger partial charge in [-0.3, -0.25) is 4.90 Å². The van der Waals surface area contributed by atoms with E-state index >= 15 is 0 Å². The number of nitrogens with one attached hydrogen (secondary N) is 2. The second kappa shape index (κ2) is 12.1. The molecular formula is C32H36F2N6O2. The van der Waals surface area contributed by atoms with Gasteiger partial charge in [0.15, 0.2) is 0 Å². The first kappa shape index (κ1) is 28.1. The van der Waals surface area contributed by atoms with Gasteiger partial charge in [0, 0.05) is 62.9 Å². The molecule has 0 aliphatic carbocycles. The highest BCUT2D eigenvalue weighted by Gasteiger charge is 2.29. The second-order valence-corrected chi connectivity index (χ2v) is 11.0. The highest BCUT2D eigenvalue weighted by atomic mass is 19.3. The average molecular weight is 575 g/mol. The van der Waals surface area contributed by atoms with Gasteiger partial charge in [0.05, 0.1) is 11.4 Å². The predicted octanol–water partition coefficient (Wildman–Crippen LogP) is 6.58. The molecule has 1 atom stereocenters. The zero-order valence-electron chi connectivity index (χ0n) is 23.9. The summed E-state index contributed by atoms with van der Waals surface area (Å²) in [5, 5.41) is 3.76. The minimum atomic E-state index is -2.62. The van der Waals surface area contributed by atoms with Crippen molar-refractivity contribution in [3.63, 3.8) is 0 Å². The van der Waals surface area contributed by atoms with Crippen molar-refractivity contribution in [2.24, 2.45) is 0 Å². The number of urea groups is 1. The van der Waals surface area contributed by atoms with Gasteiger partial charge < -0.3 is 24.8 Å². The molecule has 0 spiro atoms. The molecule has 6 rings (SSSR count). The molecular weight excluding hydrogens is 538 g/mol. The SMILES string of the molecule is CCN1CCN(Cc2ccc(NC(=O)N3CCc4ccc(Oc5ccnc6[nH]ccc56)cc4[C@@H]3C)cc2C(F)F)CC1. The average Bonchev–Trinajstić information content (AvgIpc) is 3.49. The standard InChI is InChI=1S/C32H36F2N6O2/c1-3-38-14-16-39(17-15-38)20-23-4-6-24(18-28(23)30(33)34)37-32(41)40-13-10-22-5-7-25(19-27(22)21(40)2)42-29-9-12-36-31-26(29)8-11-35-31/h4-9,11-12,18-19,21,30H,3,10,13-17,20H2,1-2H3,(H,35,36)(H,37,41)/t21-/m0/s1. The van der Waals surface area contributed by atoms with Crippen LogP contribution in [0.2, 0.25) is 0 Å². The molecule has 2 aliphatic heterocycles. The molecule has 1 fully saturated rings. The molecule has 0 bridgehead atoms. The molecule has 10 heteroatoms. The highest BCUT2D eigenvalue weighted by Crippen LogP contribution is 2.36. The van der Waals surface area contributed by atoms with Crippen LogP contribution in [0.1, 0.15) is 48.6 Å². The molecule has 2 aromatic carbocycles. The molecule has 2 N–H and O–H groups in total. The van der Waals surface area contributed by atoms with Crippen LogP contribution in [0, 0.1) is 0 Å². The first-order valence-electron chi connectivity index (χ1n) is 14.6. The van der Waals surface area contributed by atoms with Gasteiger partial charge in [-0.1, -0.05) is 19.1 Å². The van der Waals surface area contributed by atoms with Gasteiger partial charge in [-0.05, 0) is 73.0 Å². The number of nitrogens with zero attached hydrogens (tertiary/aromatic N) is 4. The Labute approximate surface area is 244 Å². The lowest BCUT2D eigenvalue weighted by molar-refractivity contribution is 0.126. The van der Waals surface area contributed by atoms with E-state index in [0.717, 1.165) is 54.9 Å². The second-order valence-electron chi connectivity index (χ2n) is 11.0. The van der Waals surface area contributed by atoms with Gasteiger partial charge in [0.1, 0.15) is 17.1 Å². The number of carbonyl (C=O) groups excluding carboxylic acids is 1. The lowest BCUT2D eigenvalue weighted by atomic mass is 9.93. The molecule has 2 aromatic heterocycles. The number of aromatic amines is 1. The topological polar surface area (TPSA) is 76.7 Å². The normalized spacial score (nSPS) is 17.9. The zero-order chi connectivity index (χ0) is 29.2. The monoisotopic (exact) mass is 574 g/mol. The minimum Gasteiger partial charge on any atom is -0.457 e. The molecule has 1 saturated heterocycles. The number of hydrogen-bond donors (Lipinski definition) is 2. The third-order valence-corrected chi connectivity index (χ3v) is 8.50. The van der Waals surface area contributed by atoms with E-state index in [9.17, 15) is 13.6 Å². The van der Waals surface area contributed by atoms with E-state index in [2.05, 4.69) is 32.0 Å². The fourth-order valence-corrected chi connectivity index (χ4v) is 6.00. The van der Waals surface area contributed by atoms with Gasteiger partial charge in [0.2, 0.25) is 0 Å². The quantitative estimate of drug-likeness (QED) is 0.261. The Morgan fingerprint density at radius 3 is 2.67 bits per heavy atom. The van der Waals surface area contributed by atoms with Gasteiger partial charge >= 0.3 is 6.03 Å². The third kappa shape index (κ3) is 5.82. The van der Waals surface area contributed by atoms with Crippen molar-refractivity contribution in [1.82, 2.24) is 24.7 Å². The molecule has 42 heavy (non-hydrogen) atoms. The van der Waals surface area contributed by atoms with Crippen molar-refractivity contribution >= 4 is 22.8 Å². The number of H-pyrrole nitrogens is 1. The smallest absolute Gasteiger partial charge is 0.322 e. The molecule has 0 radical (unpaired) electrons. The van der Waals surface area contributed by atoms with Crippen molar-refractivity contribution in [2.75, 3.05) is 44.6 Å². The number of halogens is 2. The number of alkyl halides is 2. The van der Waals surface area contributed by atoms with E-state index in [-0.39, 0.29) is 17.6 Å². The molecule has 220 valence electrons. The summed E-state index contributed by atoms with van der Waals surface area (Å²) in [6.07, 6.45) is 1.58. The van der Waals surface area contributed by atoms with Crippen LogP contribution >= 0.6 is 0 Å². The van der Waals surface area contributed by atoms with E-state index in [4.69, 9.17) is 4.74 Å². The third-order valence-electron chi connectivity index (χ3n) is 8.50. The summed E-state index contributed by atoms with van der Waals surface area (Å²) in [7, 11) is 0. The van der Waals surface area contributed by atoms with Crippen molar-refractivity contribution in [3.05, 3.63) is 83.2 Å². The fourth-order valence-electron chi connectivity index (χ4n) is 6.00. The van der Waals surface area contributed by atoms with Gasteiger partial charge in [-0.2, -0.15) is 0 Å². The molecule has 0 unspecified atom stereocenters. The Kier molecular flexibility index (Phi) is 8.08.